The zero-order chi connectivity index (χ0) is 53.8. The summed E-state index contributed by atoms with van der Waals surface area (Å²) in [6.45, 7) is 0. The Kier molecular flexibility index (Phi) is 10.6. The van der Waals surface area contributed by atoms with Crippen molar-refractivity contribution < 1.29 is 0 Å². The van der Waals surface area contributed by atoms with Crippen LogP contribution in [0.1, 0.15) is 0 Å². The van der Waals surface area contributed by atoms with Gasteiger partial charge in [-0.15, -0.1) is 22.7 Å². The third-order valence-corrected chi connectivity index (χ3v) is 18.9. The van der Waals surface area contributed by atoms with Gasteiger partial charge < -0.3 is 4.57 Å². The first-order chi connectivity index (χ1) is 40.6. The van der Waals surface area contributed by atoms with Crippen LogP contribution in [0.4, 0.5) is 0 Å². The molecular formula is C76H46N4S2. The fourth-order valence-corrected chi connectivity index (χ4v) is 14.9. The number of benzene rings is 12. The molecule has 6 heteroatoms. The molecule has 0 atom stereocenters. The Bertz CT molecular complexity index is 5430. The van der Waals surface area contributed by atoms with E-state index in [1.165, 1.54) is 78.9 Å². The Morgan fingerprint density at radius 1 is 0.232 bits per heavy atom. The molecule has 0 saturated carbocycles. The highest BCUT2D eigenvalue weighted by molar-refractivity contribution is 7.26. The summed E-state index contributed by atoms with van der Waals surface area (Å²) in [5.41, 5.74) is 18.4. The molecule has 0 saturated heterocycles. The fraction of sp³-hybridized carbons (Fsp3) is 0. The smallest absolute Gasteiger partial charge is 0.235 e. The van der Waals surface area contributed by atoms with E-state index in [1.807, 2.05) is 22.7 Å². The van der Waals surface area contributed by atoms with Crippen molar-refractivity contribution in [3.05, 3.63) is 279 Å². The maximum Gasteiger partial charge on any atom is 0.235 e. The van der Waals surface area contributed by atoms with Crippen molar-refractivity contribution in [2.24, 2.45) is 0 Å². The molecule has 82 heavy (non-hydrogen) atoms. The topological polar surface area (TPSA) is 35.6 Å². The summed E-state index contributed by atoms with van der Waals surface area (Å²) in [6, 6.07) is 102. The van der Waals surface area contributed by atoms with Gasteiger partial charge >= 0.3 is 0 Å². The fourth-order valence-electron chi connectivity index (χ4n) is 12.7. The second-order valence-corrected chi connectivity index (χ2v) is 23.4. The van der Waals surface area contributed by atoms with Gasteiger partial charge in [0.1, 0.15) is 0 Å². The number of thiophene rings is 2. The van der Waals surface area contributed by atoms with Gasteiger partial charge in [0.15, 0.2) is 0 Å². The number of hydrogen-bond donors (Lipinski definition) is 0. The van der Waals surface area contributed by atoms with E-state index in [9.17, 15) is 0 Å². The van der Waals surface area contributed by atoms with Gasteiger partial charge in [-0.3, -0.25) is 4.57 Å². The van der Waals surface area contributed by atoms with Crippen molar-refractivity contribution in [3.63, 3.8) is 0 Å². The van der Waals surface area contributed by atoms with Crippen molar-refractivity contribution in [3.8, 4) is 78.7 Å². The van der Waals surface area contributed by atoms with Gasteiger partial charge in [-0.2, -0.15) is 0 Å². The molecule has 0 aliphatic carbocycles. The Morgan fingerprint density at radius 3 is 1.28 bits per heavy atom. The van der Waals surface area contributed by atoms with Crippen LogP contribution in [0.3, 0.4) is 0 Å². The summed E-state index contributed by atoms with van der Waals surface area (Å²) >= 11 is 3.70. The third-order valence-electron chi connectivity index (χ3n) is 16.6. The zero-order valence-corrected chi connectivity index (χ0v) is 45.8. The third kappa shape index (κ3) is 7.57. The molecule has 5 aromatic heterocycles. The van der Waals surface area contributed by atoms with Crippen LogP contribution in [0.15, 0.2) is 279 Å². The van der Waals surface area contributed by atoms with Crippen LogP contribution in [0.5, 0.6) is 0 Å². The Hall–Kier alpha value is -10.2. The molecular weight excluding hydrogens is 1030 g/mol. The van der Waals surface area contributed by atoms with Crippen molar-refractivity contribution in [2.45, 2.75) is 0 Å². The van der Waals surface area contributed by atoms with E-state index >= 15 is 0 Å². The molecule has 17 aromatic rings. The van der Waals surface area contributed by atoms with Crippen LogP contribution in [0.25, 0.3) is 163 Å². The van der Waals surface area contributed by atoms with Crippen LogP contribution < -0.4 is 0 Å². The Balaban J connectivity index is 0.861. The molecule has 0 fully saturated rings. The number of para-hydroxylation sites is 2. The molecule has 5 heterocycles. The lowest BCUT2D eigenvalue weighted by atomic mass is 9.93. The number of nitrogens with zero attached hydrogens (tertiary/aromatic N) is 4. The predicted molar refractivity (Wildman–Crippen MR) is 349 cm³/mol. The molecule has 0 unspecified atom stereocenters. The number of fused-ring (bicyclic) bond motifs is 12. The van der Waals surface area contributed by atoms with Gasteiger partial charge in [-0.1, -0.05) is 194 Å². The quantitative estimate of drug-likeness (QED) is 0.152. The van der Waals surface area contributed by atoms with Gasteiger partial charge in [-0.25, -0.2) is 9.97 Å². The summed E-state index contributed by atoms with van der Waals surface area (Å²) in [4.78, 5) is 11.3. The minimum Gasteiger partial charge on any atom is -0.309 e. The van der Waals surface area contributed by atoms with E-state index in [0.717, 1.165) is 77.7 Å². The van der Waals surface area contributed by atoms with Gasteiger partial charge in [0, 0.05) is 78.7 Å². The monoisotopic (exact) mass is 1080 g/mol. The van der Waals surface area contributed by atoms with Crippen molar-refractivity contribution in [1.29, 1.82) is 0 Å². The van der Waals surface area contributed by atoms with Crippen LogP contribution in [-0.2, 0) is 0 Å². The number of aromatic nitrogens is 4. The largest absolute Gasteiger partial charge is 0.309 e. The molecule has 0 aliphatic rings. The van der Waals surface area contributed by atoms with E-state index in [2.05, 4.69) is 288 Å². The molecule has 0 aliphatic heterocycles. The van der Waals surface area contributed by atoms with E-state index in [0.29, 0.717) is 5.95 Å². The summed E-state index contributed by atoms with van der Waals surface area (Å²) in [5, 5.41) is 9.88. The highest BCUT2D eigenvalue weighted by Gasteiger charge is 2.21. The highest BCUT2D eigenvalue weighted by atomic mass is 32.1. The molecule has 0 bridgehead atoms. The predicted octanol–water partition coefficient (Wildman–Crippen LogP) is 21.4. The van der Waals surface area contributed by atoms with Gasteiger partial charge in [-0.05, 0) is 129 Å². The zero-order valence-electron chi connectivity index (χ0n) is 44.2. The molecule has 0 radical (unpaired) electrons. The molecule has 0 amide bonds. The maximum atomic E-state index is 5.66. The van der Waals surface area contributed by atoms with Gasteiger partial charge in [0.05, 0.1) is 33.5 Å². The van der Waals surface area contributed by atoms with E-state index in [1.54, 1.807) is 0 Å². The number of rotatable bonds is 8. The first-order valence-electron chi connectivity index (χ1n) is 27.8. The number of hydrogen-bond acceptors (Lipinski definition) is 4. The summed E-state index contributed by atoms with van der Waals surface area (Å²) < 4.78 is 9.92. The van der Waals surface area contributed by atoms with E-state index in [4.69, 9.17) is 9.97 Å². The first kappa shape index (κ1) is 46.7. The lowest BCUT2D eigenvalue weighted by Crippen LogP contribution is -2.04. The molecule has 4 nitrogen and oxygen atoms in total. The molecule has 382 valence electrons. The normalized spacial score (nSPS) is 11.9. The van der Waals surface area contributed by atoms with Crippen molar-refractivity contribution in [1.82, 2.24) is 19.1 Å². The van der Waals surface area contributed by atoms with Crippen LogP contribution in [0, 0.1) is 0 Å². The van der Waals surface area contributed by atoms with Crippen LogP contribution >= 0.6 is 22.7 Å². The molecule has 17 rings (SSSR count). The lowest BCUT2D eigenvalue weighted by molar-refractivity contribution is 0.995. The SMILES string of the molecule is c1ccc(-c2ccccc2-c2cccc(-c3cc(-c4cccc(-n5c6ccccc6c6ccc(-c7ccc8sc9ccccc9c8c7)cc65)c4)nc(-n4c5ccccc5c5ccc(-c6ccc7sc8ccccc8c7c6)cc54)n3)c2)cc1. The van der Waals surface area contributed by atoms with Gasteiger partial charge in [0.25, 0.3) is 0 Å². The lowest BCUT2D eigenvalue weighted by Gasteiger charge is -2.15. The van der Waals surface area contributed by atoms with Crippen molar-refractivity contribution >= 4 is 107 Å². The van der Waals surface area contributed by atoms with Gasteiger partial charge in [0.2, 0.25) is 5.95 Å². The Labute approximate surface area is 480 Å². The molecule has 0 N–H and O–H groups in total. The maximum absolute atomic E-state index is 5.66. The average molecular weight is 1080 g/mol. The van der Waals surface area contributed by atoms with Crippen LogP contribution in [-0.4, -0.2) is 19.1 Å². The molecule has 12 aromatic carbocycles. The summed E-state index contributed by atoms with van der Waals surface area (Å²) in [5.74, 6) is 0.604. The van der Waals surface area contributed by atoms with Crippen molar-refractivity contribution in [2.75, 3.05) is 0 Å². The Morgan fingerprint density at radius 2 is 0.659 bits per heavy atom. The first-order valence-corrected chi connectivity index (χ1v) is 29.4. The minimum atomic E-state index is 0.604. The highest BCUT2D eigenvalue weighted by Crippen LogP contribution is 2.43. The van der Waals surface area contributed by atoms with E-state index < -0.39 is 0 Å². The summed E-state index contributed by atoms with van der Waals surface area (Å²) in [6.07, 6.45) is 0. The van der Waals surface area contributed by atoms with Crippen LogP contribution in [0.2, 0.25) is 0 Å². The van der Waals surface area contributed by atoms with E-state index in [-0.39, 0.29) is 0 Å². The second-order valence-electron chi connectivity index (χ2n) is 21.3. The minimum absolute atomic E-state index is 0.604. The average Bonchev–Trinajstić information content (AvgIpc) is 3.26. The molecule has 0 spiro atoms. The summed E-state index contributed by atoms with van der Waals surface area (Å²) in [7, 11) is 0. The standard InChI is InChI=1S/C76H46N4S2/c1-2-16-47(17-3-1)56-22-4-5-23-57(56)52-18-14-19-53(40-52)66-46-67(78-76(77-66)80-69-29-11-7-25-59(69)61-37-33-51(45-71(61)80)49-35-39-75-65(43-49)63-27-9-13-31-73(63)82-75)54-20-15-21-55(41-54)79-68-28-10-6-24-58(68)60-36-32-50(44-70(60)79)48-34-38-74-64(42-48)62-26-8-12-30-72(62)81-74/h1-46H. The second kappa shape index (κ2) is 18.7.